The molecule has 1 atom stereocenters. The molecular weight excluding hydrogens is 338 g/mol. The zero-order valence-electron chi connectivity index (χ0n) is 15.7. The van der Waals surface area contributed by atoms with Crippen LogP contribution in [0, 0.1) is 0 Å². The van der Waals surface area contributed by atoms with Crippen LogP contribution in [-0.2, 0) is 26.3 Å². The second kappa shape index (κ2) is 6.93. The van der Waals surface area contributed by atoms with E-state index in [1.165, 1.54) is 4.90 Å². The van der Waals surface area contributed by atoms with Gasteiger partial charge >= 0.3 is 0 Å². The number of imide groups is 1. The summed E-state index contributed by atoms with van der Waals surface area (Å²) in [6.45, 7) is 1.80. The maximum atomic E-state index is 13.5. The summed E-state index contributed by atoms with van der Waals surface area (Å²) < 4.78 is 6.50. The van der Waals surface area contributed by atoms with E-state index in [0.29, 0.717) is 12.8 Å². The molecule has 1 saturated carbocycles. The number of carbonyl (C=O) groups is 2. The van der Waals surface area contributed by atoms with Gasteiger partial charge < -0.3 is 4.74 Å². The molecule has 1 aliphatic heterocycles. The molecule has 1 heterocycles. The summed E-state index contributed by atoms with van der Waals surface area (Å²) in [5.41, 5.74) is -0.221. The van der Waals surface area contributed by atoms with E-state index in [-0.39, 0.29) is 18.2 Å². The predicted octanol–water partition coefficient (Wildman–Crippen LogP) is 4.19. The molecule has 0 N–H and O–H groups in total. The molecule has 2 amide bonds. The molecule has 1 unspecified atom stereocenters. The highest BCUT2D eigenvalue weighted by Gasteiger charge is 2.61. The first-order chi connectivity index (χ1) is 13.1. The zero-order valence-corrected chi connectivity index (χ0v) is 15.7. The van der Waals surface area contributed by atoms with Gasteiger partial charge in [0.2, 0.25) is 5.91 Å². The van der Waals surface area contributed by atoms with Crippen molar-refractivity contribution in [3.8, 4) is 0 Å². The molecule has 1 aliphatic carbocycles. The Bertz CT molecular complexity index is 827. The van der Waals surface area contributed by atoms with Crippen LogP contribution in [0.5, 0.6) is 0 Å². The fourth-order valence-electron chi connectivity index (χ4n) is 4.43. The number of hydrogen-bond acceptors (Lipinski definition) is 3. The Morgan fingerprint density at radius 1 is 0.963 bits per heavy atom. The van der Waals surface area contributed by atoms with Crippen molar-refractivity contribution in [1.29, 1.82) is 0 Å². The van der Waals surface area contributed by atoms with Crippen molar-refractivity contribution in [3.05, 3.63) is 71.8 Å². The van der Waals surface area contributed by atoms with Crippen LogP contribution in [-0.4, -0.2) is 22.4 Å². The Morgan fingerprint density at radius 2 is 1.56 bits per heavy atom. The van der Waals surface area contributed by atoms with E-state index in [2.05, 4.69) is 0 Å². The standard InChI is InChI=1S/C23H25NO3/c1-22(19-13-7-3-8-14-19)21(26)24(23(27-22)15-9-4-10-16-23)20(25)17-18-11-5-2-6-12-18/h2-3,5-8,11-14H,4,9-10,15-17H2,1H3. The Labute approximate surface area is 160 Å². The lowest BCUT2D eigenvalue weighted by Gasteiger charge is -2.39. The lowest BCUT2D eigenvalue weighted by Crippen LogP contribution is -2.51. The molecule has 1 spiro atoms. The van der Waals surface area contributed by atoms with Crippen LogP contribution in [0.1, 0.15) is 50.2 Å². The van der Waals surface area contributed by atoms with E-state index in [1.807, 2.05) is 60.7 Å². The third-order valence-electron chi connectivity index (χ3n) is 5.82. The van der Waals surface area contributed by atoms with Crippen molar-refractivity contribution in [2.45, 2.75) is 56.8 Å². The third kappa shape index (κ3) is 3.08. The van der Waals surface area contributed by atoms with Gasteiger partial charge in [-0.25, -0.2) is 4.90 Å². The molecular formula is C23H25NO3. The minimum Gasteiger partial charge on any atom is -0.334 e. The van der Waals surface area contributed by atoms with Gasteiger partial charge in [0, 0.05) is 0 Å². The number of ether oxygens (including phenoxy) is 1. The van der Waals surface area contributed by atoms with E-state index < -0.39 is 11.3 Å². The quantitative estimate of drug-likeness (QED) is 0.821. The molecule has 4 nitrogen and oxygen atoms in total. The van der Waals surface area contributed by atoms with Gasteiger partial charge in [0.15, 0.2) is 11.3 Å². The summed E-state index contributed by atoms with van der Waals surface area (Å²) in [5, 5.41) is 0. The summed E-state index contributed by atoms with van der Waals surface area (Å²) >= 11 is 0. The Morgan fingerprint density at radius 3 is 2.19 bits per heavy atom. The van der Waals surface area contributed by atoms with E-state index in [4.69, 9.17) is 4.74 Å². The molecule has 0 radical (unpaired) electrons. The van der Waals surface area contributed by atoms with E-state index in [9.17, 15) is 9.59 Å². The van der Waals surface area contributed by atoms with E-state index in [0.717, 1.165) is 30.4 Å². The molecule has 4 heteroatoms. The van der Waals surface area contributed by atoms with Crippen LogP contribution >= 0.6 is 0 Å². The lowest BCUT2D eigenvalue weighted by atomic mass is 9.90. The highest BCUT2D eigenvalue weighted by molar-refractivity contribution is 6.02. The number of rotatable bonds is 3. The normalized spacial score (nSPS) is 24.3. The van der Waals surface area contributed by atoms with Crippen LogP contribution in [0.25, 0.3) is 0 Å². The maximum Gasteiger partial charge on any atom is 0.268 e. The summed E-state index contributed by atoms with van der Waals surface area (Å²) in [6, 6.07) is 19.1. The fraction of sp³-hybridized carbons (Fsp3) is 0.391. The molecule has 0 aromatic heterocycles. The maximum absolute atomic E-state index is 13.5. The molecule has 0 bridgehead atoms. The van der Waals surface area contributed by atoms with Gasteiger partial charge in [-0.3, -0.25) is 9.59 Å². The average molecular weight is 363 g/mol. The Kier molecular flexibility index (Phi) is 4.60. The minimum absolute atomic E-state index is 0.173. The van der Waals surface area contributed by atoms with Gasteiger partial charge in [0.25, 0.3) is 5.91 Å². The molecule has 2 aliphatic rings. The molecule has 27 heavy (non-hydrogen) atoms. The number of benzene rings is 2. The SMILES string of the molecule is CC1(c2ccccc2)OC2(CCCCC2)N(C(=O)Cc2ccccc2)C1=O. The van der Waals surface area contributed by atoms with Crippen molar-refractivity contribution in [2.24, 2.45) is 0 Å². The van der Waals surface area contributed by atoms with Crippen molar-refractivity contribution < 1.29 is 14.3 Å². The summed E-state index contributed by atoms with van der Waals surface area (Å²) in [5.74, 6) is -0.413. The van der Waals surface area contributed by atoms with Crippen molar-refractivity contribution in [2.75, 3.05) is 0 Å². The van der Waals surface area contributed by atoms with Gasteiger partial charge in [-0.15, -0.1) is 0 Å². The monoisotopic (exact) mass is 363 g/mol. The van der Waals surface area contributed by atoms with Gasteiger partial charge in [0.1, 0.15) is 0 Å². The second-order valence-electron chi connectivity index (χ2n) is 7.70. The van der Waals surface area contributed by atoms with Gasteiger partial charge in [-0.05, 0) is 43.7 Å². The summed E-state index contributed by atoms with van der Waals surface area (Å²) in [6.07, 6.45) is 4.68. The predicted molar refractivity (Wildman–Crippen MR) is 103 cm³/mol. The van der Waals surface area contributed by atoms with Crippen LogP contribution in [0.4, 0.5) is 0 Å². The summed E-state index contributed by atoms with van der Waals surface area (Å²) in [4.78, 5) is 28.2. The Hall–Kier alpha value is -2.46. The van der Waals surface area contributed by atoms with Crippen molar-refractivity contribution in [3.63, 3.8) is 0 Å². The smallest absolute Gasteiger partial charge is 0.268 e. The van der Waals surface area contributed by atoms with Crippen LogP contribution in [0.3, 0.4) is 0 Å². The van der Waals surface area contributed by atoms with Gasteiger partial charge in [-0.2, -0.15) is 0 Å². The average Bonchev–Trinajstić information content (AvgIpc) is 2.91. The third-order valence-corrected chi connectivity index (χ3v) is 5.82. The number of carbonyl (C=O) groups excluding carboxylic acids is 2. The van der Waals surface area contributed by atoms with Crippen LogP contribution in [0.15, 0.2) is 60.7 Å². The molecule has 1 saturated heterocycles. The molecule has 2 fully saturated rings. The molecule has 2 aromatic carbocycles. The largest absolute Gasteiger partial charge is 0.334 e. The van der Waals surface area contributed by atoms with E-state index in [1.54, 1.807) is 6.92 Å². The van der Waals surface area contributed by atoms with Crippen LogP contribution < -0.4 is 0 Å². The topological polar surface area (TPSA) is 46.6 Å². The lowest BCUT2D eigenvalue weighted by molar-refractivity contribution is -0.170. The fourth-order valence-corrected chi connectivity index (χ4v) is 4.43. The van der Waals surface area contributed by atoms with E-state index >= 15 is 0 Å². The molecule has 140 valence electrons. The second-order valence-corrected chi connectivity index (χ2v) is 7.70. The highest BCUT2D eigenvalue weighted by atomic mass is 16.6. The Balaban J connectivity index is 1.71. The minimum atomic E-state index is -1.12. The number of amides is 2. The first-order valence-corrected chi connectivity index (χ1v) is 9.72. The zero-order chi connectivity index (χ0) is 18.9. The number of nitrogens with zero attached hydrogens (tertiary/aromatic N) is 1. The molecule has 4 rings (SSSR count). The van der Waals surface area contributed by atoms with Gasteiger partial charge in [-0.1, -0.05) is 67.1 Å². The van der Waals surface area contributed by atoms with Crippen molar-refractivity contribution >= 4 is 11.8 Å². The first-order valence-electron chi connectivity index (χ1n) is 9.72. The number of hydrogen-bond donors (Lipinski definition) is 0. The highest BCUT2D eigenvalue weighted by Crippen LogP contribution is 2.48. The first kappa shape index (κ1) is 17.9. The van der Waals surface area contributed by atoms with Crippen LogP contribution in [0.2, 0.25) is 0 Å². The molecule has 2 aromatic rings. The van der Waals surface area contributed by atoms with Crippen molar-refractivity contribution in [1.82, 2.24) is 4.90 Å². The summed E-state index contributed by atoms with van der Waals surface area (Å²) in [7, 11) is 0. The van der Waals surface area contributed by atoms with Gasteiger partial charge in [0.05, 0.1) is 6.42 Å².